The standard InChI is InChI=1S/C10H17NO5/c1-7(2)9(10(14)15)11-8(13)4-3-5-16-6-12/h6-7,9H,3-5H2,1-2H3,(H,11,13)(H,14,15). The van der Waals surface area contributed by atoms with E-state index < -0.39 is 12.0 Å². The summed E-state index contributed by atoms with van der Waals surface area (Å²) < 4.78 is 4.41. The van der Waals surface area contributed by atoms with E-state index in [4.69, 9.17) is 5.11 Å². The third-order valence-corrected chi connectivity index (χ3v) is 1.98. The van der Waals surface area contributed by atoms with Crippen molar-refractivity contribution in [2.24, 2.45) is 5.92 Å². The summed E-state index contributed by atoms with van der Waals surface area (Å²) in [7, 11) is 0. The Morgan fingerprint density at radius 1 is 1.44 bits per heavy atom. The Morgan fingerprint density at radius 2 is 2.06 bits per heavy atom. The Balaban J connectivity index is 3.91. The second kappa shape index (κ2) is 7.67. The molecule has 92 valence electrons. The fraction of sp³-hybridized carbons (Fsp3) is 0.700. The van der Waals surface area contributed by atoms with Gasteiger partial charge in [0.2, 0.25) is 5.91 Å². The lowest BCUT2D eigenvalue weighted by atomic mass is 10.0. The molecule has 6 nitrogen and oxygen atoms in total. The summed E-state index contributed by atoms with van der Waals surface area (Å²) in [5.74, 6) is -1.57. The molecule has 0 saturated heterocycles. The van der Waals surface area contributed by atoms with E-state index in [2.05, 4.69) is 10.1 Å². The largest absolute Gasteiger partial charge is 0.480 e. The van der Waals surface area contributed by atoms with Crippen LogP contribution >= 0.6 is 0 Å². The second-order valence-electron chi connectivity index (χ2n) is 3.70. The highest BCUT2D eigenvalue weighted by Crippen LogP contribution is 2.02. The number of nitrogens with one attached hydrogen (secondary N) is 1. The van der Waals surface area contributed by atoms with Gasteiger partial charge in [-0.3, -0.25) is 9.59 Å². The van der Waals surface area contributed by atoms with E-state index in [1.807, 2.05) is 0 Å². The minimum absolute atomic E-state index is 0.143. The number of ether oxygens (including phenoxy) is 1. The van der Waals surface area contributed by atoms with Crippen LogP contribution in [0.5, 0.6) is 0 Å². The molecule has 1 amide bonds. The smallest absolute Gasteiger partial charge is 0.326 e. The summed E-state index contributed by atoms with van der Waals surface area (Å²) >= 11 is 0. The number of hydrogen-bond donors (Lipinski definition) is 2. The SMILES string of the molecule is CC(C)C(NC(=O)CCCOC=O)C(=O)O. The Hall–Kier alpha value is -1.59. The van der Waals surface area contributed by atoms with Crippen LogP contribution in [0.15, 0.2) is 0 Å². The van der Waals surface area contributed by atoms with Crippen molar-refractivity contribution in [2.75, 3.05) is 6.61 Å². The van der Waals surface area contributed by atoms with Crippen LogP contribution in [0.1, 0.15) is 26.7 Å². The van der Waals surface area contributed by atoms with Gasteiger partial charge in [-0.15, -0.1) is 0 Å². The minimum atomic E-state index is -1.05. The zero-order valence-corrected chi connectivity index (χ0v) is 9.43. The molecule has 6 heteroatoms. The number of rotatable bonds is 8. The number of carbonyl (C=O) groups excluding carboxylic acids is 2. The fourth-order valence-corrected chi connectivity index (χ4v) is 1.12. The molecule has 0 bridgehead atoms. The van der Waals surface area contributed by atoms with Gasteiger partial charge < -0.3 is 15.2 Å². The predicted molar refractivity (Wildman–Crippen MR) is 55.7 cm³/mol. The lowest BCUT2D eigenvalue weighted by Crippen LogP contribution is -2.44. The summed E-state index contributed by atoms with van der Waals surface area (Å²) in [6.45, 7) is 3.91. The maximum atomic E-state index is 11.3. The normalized spacial score (nSPS) is 11.9. The molecule has 16 heavy (non-hydrogen) atoms. The number of aliphatic carboxylic acids is 1. The van der Waals surface area contributed by atoms with E-state index in [0.29, 0.717) is 12.9 Å². The third-order valence-electron chi connectivity index (χ3n) is 1.98. The molecule has 0 aromatic heterocycles. The van der Waals surface area contributed by atoms with Gasteiger partial charge in [-0.25, -0.2) is 4.79 Å². The molecule has 0 aliphatic heterocycles. The van der Waals surface area contributed by atoms with Crippen LogP contribution in [0.2, 0.25) is 0 Å². The van der Waals surface area contributed by atoms with Crippen molar-refractivity contribution in [3.63, 3.8) is 0 Å². The summed E-state index contributed by atoms with van der Waals surface area (Å²) in [6, 6.07) is -0.875. The number of carbonyl (C=O) groups is 3. The van der Waals surface area contributed by atoms with Gasteiger partial charge in [-0.1, -0.05) is 13.8 Å². The Labute approximate surface area is 94.0 Å². The molecule has 0 heterocycles. The van der Waals surface area contributed by atoms with Crippen molar-refractivity contribution in [2.45, 2.75) is 32.7 Å². The molecule has 1 atom stereocenters. The molecule has 0 radical (unpaired) electrons. The van der Waals surface area contributed by atoms with E-state index in [1.165, 1.54) is 0 Å². The quantitative estimate of drug-likeness (QED) is 0.458. The van der Waals surface area contributed by atoms with Gasteiger partial charge in [0.05, 0.1) is 6.61 Å². The van der Waals surface area contributed by atoms with Gasteiger partial charge in [0.1, 0.15) is 6.04 Å². The van der Waals surface area contributed by atoms with Crippen molar-refractivity contribution in [3.05, 3.63) is 0 Å². The van der Waals surface area contributed by atoms with Crippen molar-refractivity contribution in [1.29, 1.82) is 0 Å². The molecule has 2 N–H and O–H groups in total. The molecule has 0 spiro atoms. The van der Waals surface area contributed by atoms with Crippen LogP contribution in [-0.4, -0.2) is 36.1 Å². The van der Waals surface area contributed by atoms with Crippen LogP contribution in [-0.2, 0) is 19.1 Å². The highest BCUT2D eigenvalue weighted by molar-refractivity contribution is 5.83. The van der Waals surface area contributed by atoms with Crippen molar-refractivity contribution in [3.8, 4) is 0 Å². The molecule has 0 rings (SSSR count). The molecule has 0 saturated carbocycles. The lowest BCUT2D eigenvalue weighted by Gasteiger charge is -2.17. The fourth-order valence-electron chi connectivity index (χ4n) is 1.12. The maximum Gasteiger partial charge on any atom is 0.326 e. The Kier molecular flexibility index (Phi) is 6.91. The number of carboxylic acid groups (broad SMARTS) is 1. The first-order chi connectivity index (χ1) is 7.49. The average Bonchev–Trinajstić information content (AvgIpc) is 2.20. The lowest BCUT2D eigenvalue weighted by molar-refractivity contribution is -0.143. The zero-order valence-electron chi connectivity index (χ0n) is 9.43. The summed E-state index contributed by atoms with van der Waals surface area (Å²) in [5, 5.41) is 11.2. The molecule has 0 aromatic carbocycles. The van der Waals surface area contributed by atoms with Gasteiger partial charge in [-0.2, -0.15) is 0 Å². The number of amides is 1. The molecule has 0 aliphatic carbocycles. The van der Waals surface area contributed by atoms with E-state index in [1.54, 1.807) is 13.8 Å². The maximum absolute atomic E-state index is 11.3. The molecular weight excluding hydrogens is 214 g/mol. The third kappa shape index (κ3) is 6.00. The van der Waals surface area contributed by atoms with Crippen molar-refractivity contribution < 1.29 is 24.2 Å². The Morgan fingerprint density at radius 3 is 2.50 bits per heavy atom. The summed E-state index contributed by atoms with van der Waals surface area (Å²) in [4.78, 5) is 31.9. The predicted octanol–water partition coefficient (Wildman–Crippen LogP) is 0.165. The molecule has 0 fully saturated rings. The first kappa shape index (κ1) is 14.4. The van der Waals surface area contributed by atoms with Crippen molar-refractivity contribution in [1.82, 2.24) is 5.32 Å². The van der Waals surface area contributed by atoms with E-state index in [0.717, 1.165) is 0 Å². The molecular formula is C10H17NO5. The summed E-state index contributed by atoms with van der Waals surface area (Å²) in [6.07, 6.45) is 0.527. The minimum Gasteiger partial charge on any atom is -0.480 e. The van der Waals surface area contributed by atoms with Crippen LogP contribution in [0, 0.1) is 5.92 Å². The first-order valence-electron chi connectivity index (χ1n) is 5.06. The topological polar surface area (TPSA) is 92.7 Å². The van der Waals surface area contributed by atoms with Crippen LogP contribution in [0.25, 0.3) is 0 Å². The van der Waals surface area contributed by atoms with Crippen LogP contribution < -0.4 is 5.32 Å². The van der Waals surface area contributed by atoms with E-state index >= 15 is 0 Å². The van der Waals surface area contributed by atoms with Crippen molar-refractivity contribution >= 4 is 18.3 Å². The second-order valence-corrected chi connectivity index (χ2v) is 3.70. The van der Waals surface area contributed by atoms with E-state index in [9.17, 15) is 14.4 Å². The van der Waals surface area contributed by atoms with Gasteiger partial charge in [-0.05, 0) is 12.3 Å². The van der Waals surface area contributed by atoms with Gasteiger partial charge in [0, 0.05) is 6.42 Å². The number of hydrogen-bond acceptors (Lipinski definition) is 4. The summed E-state index contributed by atoms with van der Waals surface area (Å²) in [5.41, 5.74) is 0. The molecule has 0 aliphatic rings. The van der Waals surface area contributed by atoms with E-state index in [-0.39, 0.29) is 24.9 Å². The number of carboxylic acids is 1. The highest BCUT2D eigenvalue weighted by Gasteiger charge is 2.22. The van der Waals surface area contributed by atoms with Gasteiger partial charge in [0.25, 0.3) is 6.47 Å². The van der Waals surface area contributed by atoms with Gasteiger partial charge >= 0.3 is 5.97 Å². The molecule has 0 aromatic rings. The van der Waals surface area contributed by atoms with Crippen LogP contribution in [0.4, 0.5) is 0 Å². The van der Waals surface area contributed by atoms with Gasteiger partial charge in [0.15, 0.2) is 0 Å². The monoisotopic (exact) mass is 231 g/mol. The first-order valence-corrected chi connectivity index (χ1v) is 5.06. The average molecular weight is 231 g/mol. The zero-order chi connectivity index (χ0) is 12.6. The highest BCUT2D eigenvalue weighted by atomic mass is 16.5. The molecule has 1 unspecified atom stereocenters. The Bertz CT molecular complexity index is 252. The van der Waals surface area contributed by atoms with Crippen LogP contribution in [0.3, 0.4) is 0 Å².